The van der Waals surface area contributed by atoms with Gasteiger partial charge in [0.25, 0.3) is 0 Å². The number of hydrogen-bond acceptors (Lipinski definition) is 0. The molecule has 22 heavy (non-hydrogen) atoms. The first-order valence-electron chi connectivity index (χ1n) is 7.95. The molecule has 2 aromatic carbocycles. The standard InChI is InChI=1S/C20H20F2/c1-2-3-4-5-14-6-8-15(9-7-14)16-10-17-12-19(21)20(22)13-18(17)11-16/h6-10,12-13H,2-5,11H2,1H3. The van der Waals surface area contributed by atoms with Crippen LogP contribution in [0.25, 0.3) is 11.6 Å². The highest BCUT2D eigenvalue weighted by molar-refractivity contribution is 5.88. The highest BCUT2D eigenvalue weighted by Crippen LogP contribution is 2.32. The van der Waals surface area contributed by atoms with E-state index >= 15 is 0 Å². The van der Waals surface area contributed by atoms with Crippen molar-refractivity contribution in [2.45, 2.75) is 39.0 Å². The summed E-state index contributed by atoms with van der Waals surface area (Å²) in [6.07, 6.45) is 7.47. The molecule has 0 heterocycles. The minimum Gasteiger partial charge on any atom is -0.204 e. The molecular weight excluding hydrogens is 278 g/mol. The van der Waals surface area contributed by atoms with Gasteiger partial charge in [0.2, 0.25) is 0 Å². The number of unbranched alkanes of at least 4 members (excludes halogenated alkanes) is 2. The second-order valence-electron chi connectivity index (χ2n) is 5.97. The van der Waals surface area contributed by atoms with Crippen LogP contribution in [-0.2, 0) is 12.8 Å². The molecule has 0 nitrogen and oxygen atoms in total. The zero-order valence-corrected chi connectivity index (χ0v) is 12.8. The number of aryl methyl sites for hydroxylation is 1. The number of allylic oxidation sites excluding steroid dienone is 1. The van der Waals surface area contributed by atoms with E-state index in [0.29, 0.717) is 6.42 Å². The van der Waals surface area contributed by atoms with Crippen LogP contribution in [0.4, 0.5) is 8.78 Å². The summed E-state index contributed by atoms with van der Waals surface area (Å²) < 4.78 is 26.6. The maximum absolute atomic E-state index is 13.3. The first-order valence-corrected chi connectivity index (χ1v) is 7.95. The van der Waals surface area contributed by atoms with Gasteiger partial charge in [0, 0.05) is 0 Å². The van der Waals surface area contributed by atoms with Gasteiger partial charge in [-0.2, -0.15) is 0 Å². The van der Waals surface area contributed by atoms with Crippen molar-refractivity contribution < 1.29 is 8.78 Å². The fraction of sp³-hybridized carbons (Fsp3) is 0.300. The molecule has 0 bridgehead atoms. The Hall–Kier alpha value is -1.96. The third kappa shape index (κ3) is 3.11. The average Bonchev–Trinajstić information content (AvgIpc) is 2.91. The summed E-state index contributed by atoms with van der Waals surface area (Å²) in [7, 11) is 0. The Balaban J connectivity index is 1.74. The van der Waals surface area contributed by atoms with E-state index in [9.17, 15) is 8.78 Å². The van der Waals surface area contributed by atoms with Crippen molar-refractivity contribution >= 4 is 11.6 Å². The Morgan fingerprint density at radius 1 is 0.955 bits per heavy atom. The van der Waals surface area contributed by atoms with Gasteiger partial charge in [-0.3, -0.25) is 0 Å². The second kappa shape index (κ2) is 6.43. The Morgan fingerprint density at radius 2 is 1.68 bits per heavy atom. The van der Waals surface area contributed by atoms with Crippen LogP contribution in [0.5, 0.6) is 0 Å². The van der Waals surface area contributed by atoms with Crippen molar-refractivity contribution in [1.82, 2.24) is 0 Å². The third-order valence-corrected chi connectivity index (χ3v) is 4.29. The van der Waals surface area contributed by atoms with E-state index < -0.39 is 11.6 Å². The summed E-state index contributed by atoms with van der Waals surface area (Å²) in [6.45, 7) is 2.21. The van der Waals surface area contributed by atoms with E-state index in [2.05, 4.69) is 31.2 Å². The normalized spacial score (nSPS) is 13.1. The molecule has 1 aliphatic carbocycles. The van der Waals surface area contributed by atoms with Crippen LogP contribution in [0.3, 0.4) is 0 Å². The van der Waals surface area contributed by atoms with Crippen molar-refractivity contribution in [2.75, 3.05) is 0 Å². The molecular formula is C20H20F2. The lowest BCUT2D eigenvalue weighted by Gasteiger charge is -2.05. The number of fused-ring (bicyclic) bond motifs is 1. The molecule has 0 atom stereocenters. The molecule has 0 unspecified atom stereocenters. The fourth-order valence-electron chi connectivity index (χ4n) is 2.98. The van der Waals surface area contributed by atoms with Crippen LogP contribution in [-0.4, -0.2) is 0 Å². The quantitative estimate of drug-likeness (QED) is 0.612. The van der Waals surface area contributed by atoms with Gasteiger partial charge in [-0.1, -0.05) is 50.1 Å². The van der Waals surface area contributed by atoms with Gasteiger partial charge >= 0.3 is 0 Å². The summed E-state index contributed by atoms with van der Waals surface area (Å²) in [5, 5.41) is 0. The Kier molecular flexibility index (Phi) is 4.37. The molecule has 1 aliphatic rings. The molecule has 0 fully saturated rings. The zero-order chi connectivity index (χ0) is 15.5. The van der Waals surface area contributed by atoms with E-state index in [1.807, 2.05) is 6.08 Å². The van der Waals surface area contributed by atoms with Crippen molar-refractivity contribution in [3.63, 3.8) is 0 Å². The summed E-state index contributed by atoms with van der Waals surface area (Å²) in [6, 6.07) is 11.2. The van der Waals surface area contributed by atoms with E-state index in [0.717, 1.165) is 28.7 Å². The zero-order valence-electron chi connectivity index (χ0n) is 12.8. The molecule has 2 aromatic rings. The van der Waals surface area contributed by atoms with Crippen LogP contribution in [0.15, 0.2) is 36.4 Å². The first kappa shape index (κ1) is 15.0. The van der Waals surface area contributed by atoms with Crippen LogP contribution in [0, 0.1) is 11.6 Å². The number of hydrogen-bond donors (Lipinski definition) is 0. The van der Waals surface area contributed by atoms with Gasteiger partial charge < -0.3 is 0 Å². The summed E-state index contributed by atoms with van der Waals surface area (Å²) in [5.41, 5.74) is 5.27. The minimum absolute atomic E-state index is 0.668. The molecule has 0 saturated carbocycles. The molecule has 0 aliphatic heterocycles. The second-order valence-corrected chi connectivity index (χ2v) is 5.97. The highest BCUT2D eigenvalue weighted by atomic mass is 19.2. The fourth-order valence-corrected chi connectivity index (χ4v) is 2.98. The lowest BCUT2D eigenvalue weighted by Crippen LogP contribution is -1.91. The van der Waals surface area contributed by atoms with Gasteiger partial charge in [-0.25, -0.2) is 8.78 Å². The van der Waals surface area contributed by atoms with E-state index in [-0.39, 0.29) is 0 Å². The average molecular weight is 298 g/mol. The smallest absolute Gasteiger partial charge is 0.159 e. The molecule has 0 radical (unpaired) electrons. The molecule has 0 saturated heterocycles. The topological polar surface area (TPSA) is 0 Å². The molecule has 2 heteroatoms. The number of rotatable bonds is 5. The molecule has 0 amide bonds. The maximum atomic E-state index is 13.3. The van der Waals surface area contributed by atoms with Crippen molar-refractivity contribution in [3.8, 4) is 0 Å². The predicted octanol–water partition coefficient (Wildman–Crippen LogP) is 5.79. The van der Waals surface area contributed by atoms with Gasteiger partial charge in [-0.15, -0.1) is 0 Å². The van der Waals surface area contributed by atoms with Crippen LogP contribution < -0.4 is 0 Å². The maximum Gasteiger partial charge on any atom is 0.159 e. The van der Waals surface area contributed by atoms with E-state index in [1.165, 1.54) is 37.0 Å². The van der Waals surface area contributed by atoms with Crippen LogP contribution in [0.1, 0.15) is 48.4 Å². The largest absolute Gasteiger partial charge is 0.204 e. The lowest BCUT2D eigenvalue weighted by atomic mass is 10.00. The van der Waals surface area contributed by atoms with Gasteiger partial charge in [0.05, 0.1) is 0 Å². The van der Waals surface area contributed by atoms with Crippen molar-refractivity contribution in [3.05, 3.63) is 70.3 Å². The van der Waals surface area contributed by atoms with Crippen molar-refractivity contribution in [1.29, 1.82) is 0 Å². The lowest BCUT2D eigenvalue weighted by molar-refractivity contribution is 0.507. The molecule has 0 spiro atoms. The summed E-state index contributed by atoms with van der Waals surface area (Å²) in [5.74, 6) is -1.54. The van der Waals surface area contributed by atoms with E-state index in [1.54, 1.807) is 0 Å². The monoisotopic (exact) mass is 298 g/mol. The predicted molar refractivity (Wildman–Crippen MR) is 87.6 cm³/mol. The van der Waals surface area contributed by atoms with E-state index in [4.69, 9.17) is 0 Å². The molecule has 0 N–H and O–H groups in total. The first-order chi connectivity index (χ1) is 10.7. The SMILES string of the molecule is CCCCCc1ccc(C2=Cc3cc(F)c(F)cc3C2)cc1. The number of benzene rings is 2. The van der Waals surface area contributed by atoms with Crippen LogP contribution in [0.2, 0.25) is 0 Å². The Bertz CT molecular complexity index is 696. The van der Waals surface area contributed by atoms with Gasteiger partial charge in [-0.05, 0) is 59.2 Å². The van der Waals surface area contributed by atoms with Crippen molar-refractivity contribution in [2.24, 2.45) is 0 Å². The summed E-state index contributed by atoms with van der Waals surface area (Å²) in [4.78, 5) is 0. The summed E-state index contributed by atoms with van der Waals surface area (Å²) >= 11 is 0. The number of halogens is 2. The Labute approximate surface area is 130 Å². The molecule has 114 valence electrons. The highest BCUT2D eigenvalue weighted by Gasteiger charge is 2.17. The van der Waals surface area contributed by atoms with Crippen LogP contribution >= 0.6 is 0 Å². The van der Waals surface area contributed by atoms with Gasteiger partial charge in [0.1, 0.15) is 0 Å². The Morgan fingerprint density at radius 3 is 2.41 bits per heavy atom. The minimum atomic E-state index is -0.775. The van der Waals surface area contributed by atoms with Gasteiger partial charge in [0.15, 0.2) is 11.6 Å². The molecule has 0 aromatic heterocycles. The third-order valence-electron chi connectivity index (χ3n) is 4.29. The molecule has 3 rings (SSSR count).